The Morgan fingerprint density at radius 3 is 2.76 bits per heavy atom. The molecule has 2 rings (SSSR count). The molecule has 0 spiro atoms. The zero-order valence-corrected chi connectivity index (χ0v) is 16.0. The first-order chi connectivity index (χ1) is 12.1. The molecule has 0 aliphatic carbocycles. The highest BCUT2D eigenvalue weighted by atomic mass is 32.1. The van der Waals surface area contributed by atoms with Crippen molar-refractivity contribution in [3.63, 3.8) is 0 Å². The van der Waals surface area contributed by atoms with E-state index in [9.17, 15) is 4.39 Å². The third-order valence-corrected chi connectivity index (χ3v) is 4.88. The third kappa shape index (κ3) is 6.46. The van der Waals surface area contributed by atoms with E-state index in [1.807, 2.05) is 13.0 Å². The fourth-order valence-electron chi connectivity index (χ4n) is 2.55. The largest absolute Gasteiger partial charge is 0.357 e. The van der Waals surface area contributed by atoms with E-state index in [0.717, 1.165) is 42.3 Å². The Hall–Kier alpha value is -1.95. The monoisotopic (exact) mass is 362 g/mol. The van der Waals surface area contributed by atoms with E-state index in [1.54, 1.807) is 23.5 Å². The van der Waals surface area contributed by atoms with Crippen LogP contribution in [0.15, 0.2) is 29.3 Å². The summed E-state index contributed by atoms with van der Waals surface area (Å²) in [6.45, 7) is 8.53. The molecule has 0 radical (unpaired) electrons. The Morgan fingerprint density at radius 1 is 1.24 bits per heavy atom. The van der Waals surface area contributed by atoms with Crippen LogP contribution in [0.3, 0.4) is 0 Å². The number of rotatable bonds is 8. The second-order valence-corrected chi connectivity index (χ2v) is 7.07. The number of halogens is 1. The molecule has 136 valence electrons. The van der Waals surface area contributed by atoms with Crippen LogP contribution in [0.5, 0.6) is 0 Å². The SMILES string of the molecule is CCNC(=NCCc1nc(CC)c(C)s1)NCCc1cccc(F)c1. The predicted octanol–water partition coefficient (Wildman–Crippen LogP) is 3.49. The smallest absolute Gasteiger partial charge is 0.191 e. The Kier molecular flexibility index (Phi) is 7.85. The molecule has 0 unspecified atom stereocenters. The Balaban J connectivity index is 1.82. The van der Waals surface area contributed by atoms with Gasteiger partial charge in [0.25, 0.3) is 0 Å². The first kappa shape index (κ1) is 19.4. The van der Waals surface area contributed by atoms with Gasteiger partial charge in [-0.25, -0.2) is 9.37 Å². The normalized spacial score (nSPS) is 11.6. The molecule has 0 aliphatic heterocycles. The zero-order chi connectivity index (χ0) is 18.1. The second-order valence-electron chi connectivity index (χ2n) is 5.78. The Labute approximate surface area is 153 Å². The summed E-state index contributed by atoms with van der Waals surface area (Å²) < 4.78 is 13.2. The lowest BCUT2D eigenvalue weighted by molar-refractivity contribution is 0.625. The lowest BCUT2D eigenvalue weighted by Gasteiger charge is -2.11. The molecule has 1 aromatic heterocycles. The van der Waals surface area contributed by atoms with E-state index in [0.29, 0.717) is 13.1 Å². The standard InChI is InChI=1S/C19H27FN4S/c1-4-17-14(3)25-18(24-17)10-12-23-19(21-5-2)22-11-9-15-7-6-8-16(20)13-15/h6-8,13H,4-5,9-12H2,1-3H3,(H2,21,22,23). The van der Waals surface area contributed by atoms with Gasteiger partial charge in [0, 0.05) is 30.9 Å². The van der Waals surface area contributed by atoms with Gasteiger partial charge in [0.1, 0.15) is 5.82 Å². The number of aliphatic imine (C=N–C) groups is 1. The molecule has 0 atom stereocenters. The summed E-state index contributed by atoms with van der Waals surface area (Å²) in [5, 5.41) is 7.69. The maximum atomic E-state index is 13.2. The van der Waals surface area contributed by atoms with Crippen LogP contribution in [-0.4, -0.2) is 30.6 Å². The molecule has 0 bridgehead atoms. The van der Waals surface area contributed by atoms with E-state index >= 15 is 0 Å². The molecular formula is C19H27FN4S. The molecule has 4 nitrogen and oxygen atoms in total. The molecule has 0 amide bonds. The highest BCUT2D eigenvalue weighted by Gasteiger charge is 2.05. The number of nitrogens with zero attached hydrogens (tertiary/aromatic N) is 2. The molecule has 0 saturated heterocycles. The van der Waals surface area contributed by atoms with Crippen molar-refractivity contribution in [2.45, 2.75) is 40.0 Å². The van der Waals surface area contributed by atoms with E-state index in [4.69, 9.17) is 0 Å². The fourth-order valence-corrected chi connectivity index (χ4v) is 3.56. The van der Waals surface area contributed by atoms with Crippen LogP contribution < -0.4 is 10.6 Å². The Bertz CT molecular complexity index is 696. The number of hydrogen-bond acceptors (Lipinski definition) is 3. The molecular weight excluding hydrogens is 335 g/mol. The van der Waals surface area contributed by atoms with Crippen molar-refractivity contribution in [1.29, 1.82) is 0 Å². The Morgan fingerprint density at radius 2 is 2.08 bits per heavy atom. The molecule has 1 heterocycles. The van der Waals surface area contributed by atoms with Gasteiger partial charge >= 0.3 is 0 Å². The molecule has 6 heteroatoms. The summed E-state index contributed by atoms with van der Waals surface area (Å²) in [5.74, 6) is 0.603. The van der Waals surface area contributed by atoms with Gasteiger partial charge in [0.2, 0.25) is 0 Å². The molecule has 0 fully saturated rings. The molecule has 2 aromatic rings. The van der Waals surface area contributed by atoms with Gasteiger partial charge in [0.15, 0.2) is 5.96 Å². The number of guanidine groups is 1. The summed E-state index contributed by atoms with van der Waals surface area (Å²) in [6, 6.07) is 6.71. The van der Waals surface area contributed by atoms with Gasteiger partial charge in [0.05, 0.1) is 10.7 Å². The van der Waals surface area contributed by atoms with Gasteiger partial charge < -0.3 is 10.6 Å². The van der Waals surface area contributed by atoms with Gasteiger partial charge in [-0.2, -0.15) is 0 Å². The van der Waals surface area contributed by atoms with E-state index in [1.165, 1.54) is 16.6 Å². The number of hydrogen-bond donors (Lipinski definition) is 2. The first-order valence-electron chi connectivity index (χ1n) is 8.84. The first-order valence-corrected chi connectivity index (χ1v) is 9.65. The maximum absolute atomic E-state index is 13.2. The number of thiazole rings is 1. The summed E-state index contributed by atoms with van der Waals surface area (Å²) in [6.07, 6.45) is 2.59. The minimum Gasteiger partial charge on any atom is -0.357 e. The van der Waals surface area contributed by atoms with Gasteiger partial charge in [-0.05, 0) is 44.4 Å². The lowest BCUT2D eigenvalue weighted by atomic mass is 10.1. The minimum absolute atomic E-state index is 0.191. The number of benzene rings is 1. The average molecular weight is 363 g/mol. The summed E-state index contributed by atoms with van der Waals surface area (Å²) in [7, 11) is 0. The molecule has 0 saturated carbocycles. The van der Waals surface area contributed by atoms with Crippen LogP contribution >= 0.6 is 11.3 Å². The number of aryl methyl sites for hydroxylation is 2. The van der Waals surface area contributed by atoms with Gasteiger partial charge in [-0.1, -0.05) is 19.1 Å². The van der Waals surface area contributed by atoms with Gasteiger partial charge in [-0.15, -0.1) is 11.3 Å². The van der Waals surface area contributed by atoms with Crippen LogP contribution in [0.25, 0.3) is 0 Å². The van der Waals surface area contributed by atoms with E-state index in [2.05, 4.69) is 34.5 Å². The number of aromatic nitrogens is 1. The topological polar surface area (TPSA) is 49.3 Å². The predicted molar refractivity (Wildman–Crippen MR) is 104 cm³/mol. The van der Waals surface area contributed by atoms with E-state index in [-0.39, 0.29) is 5.82 Å². The summed E-state index contributed by atoms with van der Waals surface area (Å²) in [5.41, 5.74) is 2.18. The zero-order valence-electron chi connectivity index (χ0n) is 15.2. The molecule has 25 heavy (non-hydrogen) atoms. The maximum Gasteiger partial charge on any atom is 0.191 e. The minimum atomic E-state index is -0.191. The fraction of sp³-hybridized carbons (Fsp3) is 0.474. The summed E-state index contributed by atoms with van der Waals surface area (Å²) in [4.78, 5) is 10.6. The highest BCUT2D eigenvalue weighted by molar-refractivity contribution is 7.11. The third-order valence-electron chi connectivity index (χ3n) is 3.81. The van der Waals surface area contributed by atoms with Crippen molar-refractivity contribution < 1.29 is 4.39 Å². The van der Waals surface area contributed by atoms with Crippen molar-refractivity contribution in [1.82, 2.24) is 15.6 Å². The molecule has 0 aliphatic rings. The van der Waals surface area contributed by atoms with Crippen molar-refractivity contribution in [3.05, 3.63) is 51.2 Å². The quantitative estimate of drug-likeness (QED) is 0.558. The van der Waals surface area contributed by atoms with Crippen molar-refractivity contribution in [2.75, 3.05) is 19.6 Å². The average Bonchev–Trinajstić information content (AvgIpc) is 2.95. The van der Waals surface area contributed by atoms with Crippen molar-refractivity contribution >= 4 is 17.3 Å². The van der Waals surface area contributed by atoms with Crippen LogP contribution in [0.2, 0.25) is 0 Å². The van der Waals surface area contributed by atoms with Crippen LogP contribution in [0.4, 0.5) is 4.39 Å². The van der Waals surface area contributed by atoms with E-state index < -0.39 is 0 Å². The van der Waals surface area contributed by atoms with Crippen LogP contribution in [-0.2, 0) is 19.3 Å². The number of nitrogens with one attached hydrogen (secondary N) is 2. The lowest BCUT2D eigenvalue weighted by Crippen LogP contribution is -2.38. The van der Waals surface area contributed by atoms with Crippen molar-refractivity contribution in [2.24, 2.45) is 4.99 Å². The summed E-state index contributed by atoms with van der Waals surface area (Å²) >= 11 is 1.76. The van der Waals surface area contributed by atoms with Crippen LogP contribution in [0.1, 0.15) is 35.0 Å². The molecule has 2 N–H and O–H groups in total. The van der Waals surface area contributed by atoms with Crippen LogP contribution in [0, 0.1) is 12.7 Å². The van der Waals surface area contributed by atoms with Gasteiger partial charge in [-0.3, -0.25) is 4.99 Å². The highest BCUT2D eigenvalue weighted by Crippen LogP contribution is 2.18. The second kappa shape index (κ2) is 10.1. The molecule has 1 aromatic carbocycles. The van der Waals surface area contributed by atoms with Crippen molar-refractivity contribution in [3.8, 4) is 0 Å².